The van der Waals surface area contributed by atoms with Crippen LogP contribution >= 0.6 is 11.3 Å². The van der Waals surface area contributed by atoms with Crippen molar-refractivity contribution in [2.45, 2.75) is 25.9 Å². The monoisotopic (exact) mass is 511 g/mol. The Labute approximate surface area is 220 Å². The van der Waals surface area contributed by atoms with Crippen LogP contribution < -0.4 is 10.2 Å². The van der Waals surface area contributed by atoms with Gasteiger partial charge in [0.05, 0.1) is 5.69 Å². The van der Waals surface area contributed by atoms with Gasteiger partial charge in [-0.05, 0) is 30.2 Å². The topological polar surface area (TPSA) is 82.5 Å². The summed E-state index contributed by atoms with van der Waals surface area (Å²) >= 11 is 1.64. The quantitative estimate of drug-likeness (QED) is 0.251. The van der Waals surface area contributed by atoms with E-state index in [1.54, 1.807) is 23.5 Å². The minimum Gasteiger partial charge on any atom is -0.480 e. The number of aliphatic carboxylic acids is 1. The van der Waals surface area contributed by atoms with Crippen LogP contribution in [-0.4, -0.2) is 34.6 Å². The first-order valence-corrected chi connectivity index (χ1v) is 12.8. The molecule has 1 aromatic heterocycles. The van der Waals surface area contributed by atoms with E-state index in [-0.39, 0.29) is 6.42 Å². The first-order chi connectivity index (χ1) is 17.9. The molecule has 37 heavy (non-hydrogen) atoms. The van der Waals surface area contributed by atoms with Gasteiger partial charge < -0.3 is 15.3 Å². The maximum Gasteiger partial charge on any atom is 0.326 e. The average molecular weight is 512 g/mol. The zero-order valence-corrected chi connectivity index (χ0v) is 21.4. The van der Waals surface area contributed by atoms with Gasteiger partial charge in [-0.25, -0.2) is 9.78 Å². The number of hydrogen-bond acceptors (Lipinski definition) is 5. The number of aromatic nitrogens is 1. The summed E-state index contributed by atoms with van der Waals surface area (Å²) in [5.41, 5.74) is 4.33. The molecule has 188 valence electrons. The maximum atomic E-state index is 12.8. The molecule has 0 saturated carbocycles. The van der Waals surface area contributed by atoms with E-state index in [0.29, 0.717) is 18.7 Å². The van der Waals surface area contributed by atoms with Gasteiger partial charge in [0, 0.05) is 35.5 Å². The highest BCUT2D eigenvalue weighted by Crippen LogP contribution is 2.33. The molecule has 0 bridgehead atoms. The van der Waals surface area contributed by atoms with Gasteiger partial charge >= 0.3 is 5.97 Å². The van der Waals surface area contributed by atoms with Gasteiger partial charge in [-0.3, -0.25) is 4.79 Å². The molecular weight excluding hydrogens is 482 g/mol. The summed E-state index contributed by atoms with van der Waals surface area (Å²) < 4.78 is 0. The van der Waals surface area contributed by atoms with Gasteiger partial charge in [-0.2, -0.15) is 0 Å². The van der Waals surface area contributed by atoms with E-state index in [4.69, 9.17) is 4.98 Å². The summed E-state index contributed by atoms with van der Waals surface area (Å²) in [6, 6.07) is 25.6. The number of carboxylic acids is 1. The Kier molecular flexibility index (Phi) is 8.48. The lowest BCUT2D eigenvalue weighted by atomic mass is 10.1. The number of anilines is 1. The number of aryl methyl sites for hydroxylation is 1. The summed E-state index contributed by atoms with van der Waals surface area (Å²) in [5, 5.41) is 13.1. The van der Waals surface area contributed by atoms with Gasteiger partial charge in [-0.15, -0.1) is 17.9 Å². The van der Waals surface area contributed by atoms with Crippen LogP contribution in [0.1, 0.15) is 26.4 Å². The van der Waals surface area contributed by atoms with Crippen LogP contribution in [0.25, 0.3) is 11.3 Å². The maximum absolute atomic E-state index is 12.8. The third-order valence-corrected chi connectivity index (χ3v) is 6.96. The fourth-order valence-electron chi connectivity index (χ4n) is 4.02. The van der Waals surface area contributed by atoms with Crippen molar-refractivity contribution in [1.82, 2.24) is 10.3 Å². The molecule has 7 heteroatoms. The molecule has 6 nitrogen and oxygen atoms in total. The zero-order chi connectivity index (χ0) is 26.2. The van der Waals surface area contributed by atoms with E-state index < -0.39 is 17.9 Å². The van der Waals surface area contributed by atoms with Crippen LogP contribution in [0, 0.1) is 6.92 Å². The Morgan fingerprint density at radius 3 is 2.27 bits per heavy atom. The van der Waals surface area contributed by atoms with E-state index in [1.165, 1.54) is 0 Å². The van der Waals surface area contributed by atoms with Crippen molar-refractivity contribution in [2.24, 2.45) is 0 Å². The molecule has 1 heterocycles. The summed E-state index contributed by atoms with van der Waals surface area (Å²) in [7, 11) is 0. The Balaban J connectivity index is 1.45. The smallest absolute Gasteiger partial charge is 0.326 e. The van der Waals surface area contributed by atoms with Crippen molar-refractivity contribution in [1.29, 1.82) is 0 Å². The van der Waals surface area contributed by atoms with Crippen molar-refractivity contribution >= 4 is 28.3 Å². The number of thiazole rings is 1. The lowest BCUT2D eigenvalue weighted by Crippen LogP contribution is -2.42. The molecule has 0 fully saturated rings. The number of carbonyl (C=O) groups excluding carboxylic acids is 1. The number of carboxylic acid groups (broad SMARTS) is 1. The van der Waals surface area contributed by atoms with E-state index in [9.17, 15) is 14.7 Å². The highest BCUT2D eigenvalue weighted by atomic mass is 32.1. The third kappa shape index (κ3) is 6.71. The molecule has 0 radical (unpaired) electrons. The molecule has 0 aliphatic carbocycles. The molecule has 0 spiro atoms. The first kappa shape index (κ1) is 25.9. The van der Waals surface area contributed by atoms with Gasteiger partial charge in [0.2, 0.25) is 0 Å². The predicted octanol–water partition coefficient (Wildman–Crippen LogP) is 5.74. The van der Waals surface area contributed by atoms with Gasteiger partial charge in [0.15, 0.2) is 5.13 Å². The van der Waals surface area contributed by atoms with Crippen LogP contribution in [-0.2, 0) is 17.8 Å². The number of benzene rings is 3. The molecule has 0 aliphatic rings. The Hall–Kier alpha value is -4.23. The number of nitrogens with one attached hydrogen (secondary N) is 1. The normalized spacial score (nSPS) is 11.5. The Morgan fingerprint density at radius 2 is 1.65 bits per heavy atom. The molecule has 3 aromatic carbocycles. The van der Waals surface area contributed by atoms with Crippen molar-refractivity contribution in [3.05, 3.63) is 119 Å². The van der Waals surface area contributed by atoms with Gasteiger partial charge in [0.1, 0.15) is 6.04 Å². The molecule has 0 aliphatic heterocycles. The molecule has 1 amide bonds. The van der Waals surface area contributed by atoms with Crippen molar-refractivity contribution in [3.8, 4) is 11.3 Å². The van der Waals surface area contributed by atoms with Crippen molar-refractivity contribution < 1.29 is 14.7 Å². The molecule has 1 atom stereocenters. The lowest BCUT2D eigenvalue weighted by Gasteiger charge is -2.20. The number of rotatable bonds is 11. The Morgan fingerprint density at radius 1 is 1.00 bits per heavy atom. The predicted molar refractivity (Wildman–Crippen MR) is 149 cm³/mol. The van der Waals surface area contributed by atoms with E-state index in [1.807, 2.05) is 66.7 Å². The summed E-state index contributed by atoms with van der Waals surface area (Å²) in [6.07, 6.45) is 2.06. The average Bonchev–Trinajstić information content (AvgIpc) is 3.31. The van der Waals surface area contributed by atoms with Crippen LogP contribution in [0.2, 0.25) is 0 Å². The van der Waals surface area contributed by atoms with Gasteiger partial charge in [0.25, 0.3) is 5.91 Å². The minimum absolute atomic E-state index is 0.217. The molecule has 2 N–H and O–H groups in total. The third-order valence-electron chi connectivity index (χ3n) is 5.93. The van der Waals surface area contributed by atoms with E-state index in [0.717, 1.165) is 32.4 Å². The molecule has 1 unspecified atom stereocenters. The van der Waals surface area contributed by atoms with Crippen LogP contribution in [0.4, 0.5) is 5.13 Å². The Bertz CT molecular complexity index is 1350. The molecule has 4 aromatic rings. The van der Waals surface area contributed by atoms with Crippen molar-refractivity contribution in [3.63, 3.8) is 0 Å². The SMILES string of the molecule is C=CCN(Cc1ccc(C(=O)NC(Cc2ccccc2)C(=O)O)cc1)c1nc(-c2ccccc2)c(C)s1. The number of amides is 1. The van der Waals surface area contributed by atoms with E-state index in [2.05, 4.69) is 35.9 Å². The molecule has 0 saturated heterocycles. The molecular formula is C30H29N3O3S. The lowest BCUT2D eigenvalue weighted by molar-refractivity contribution is -0.139. The number of carbonyl (C=O) groups is 2. The van der Waals surface area contributed by atoms with Crippen LogP contribution in [0.15, 0.2) is 97.6 Å². The highest BCUT2D eigenvalue weighted by molar-refractivity contribution is 7.16. The minimum atomic E-state index is -1.07. The van der Waals surface area contributed by atoms with Crippen LogP contribution in [0.5, 0.6) is 0 Å². The van der Waals surface area contributed by atoms with Crippen LogP contribution in [0.3, 0.4) is 0 Å². The fraction of sp³-hybridized carbons (Fsp3) is 0.167. The highest BCUT2D eigenvalue weighted by Gasteiger charge is 2.21. The largest absolute Gasteiger partial charge is 0.480 e. The first-order valence-electron chi connectivity index (χ1n) is 12.0. The zero-order valence-electron chi connectivity index (χ0n) is 20.6. The summed E-state index contributed by atoms with van der Waals surface area (Å²) in [5.74, 6) is -1.48. The van der Waals surface area contributed by atoms with Crippen molar-refractivity contribution in [2.75, 3.05) is 11.4 Å². The molecule has 4 rings (SSSR count). The second-order valence-electron chi connectivity index (χ2n) is 8.69. The number of hydrogen-bond donors (Lipinski definition) is 2. The second kappa shape index (κ2) is 12.1. The number of nitrogens with zero attached hydrogens (tertiary/aromatic N) is 2. The summed E-state index contributed by atoms with van der Waals surface area (Å²) in [6.45, 7) is 7.20. The van der Waals surface area contributed by atoms with Gasteiger partial charge in [-0.1, -0.05) is 78.9 Å². The standard InChI is InChI=1S/C30H29N3O3S/c1-3-18-33(30-32-27(21(2)37-30)24-12-8-5-9-13-24)20-23-14-16-25(17-15-23)28(34)31-26(29(35)36)19-22-10-6-4-7-11-22/h3-17,26H,1,18-20H2,2H3,(H,31,34)(H,35,36). The second-order valence-corrected chi connectivity index (χ2v) is 9.87. The fourth-order valence-corrected chi connectivity index (χ4v) is 4.96. The van der Waals surface area contributed by atoms with E-state index >= 15 is 0 Å². The summed E-state index contributed by atoms with van der Waals surface area (Å²) in [4.78, 5) is 32.7.